The summed E-state index contributed by atoms with van der Waals surface area (Å²) in [5, 5.41) is 5.23. The van der Waals surface area contributed by atoms with Crippen LogP contribution in [0.25, 0.3) is 10.9 Å². The fourth-order valence-corrected chi connectivity index (χ4v) is 2.67. The number of aromatic nitrogens is 3. The second-order valence-electron chi connectivity index (χ2n) is 6.36. The highest BCUT2D eigenvalue weighted by molar-refractivity contribution is 5.81. The van der Waals surface area contributed by atoms with E-state index < -0.39 is 0 Å². The van der Waals surface area contributed by atoms with E-state index in [1.54, 1.807) is 0 Å². The summed E-state index contributed by atoms with van der Waals surface area (Å²) in [5.41, 5.74) is 2.27. The second kappa shape index (κ2) is 6.87. The van der Waals surface area contributed by atoms with E-state index in [1.165, 1.54) is 10.9 Å². The standard InChI is InChI=1S/C18H22N4O/c1-13(2)10-17-20-18(23-21-17)12-22(3)11-14-8-9-19-16-7-5-4-6-15(14)16/h4-9,13H,10-12H2,1-3H3. The highest BCUT2D eigenvalue weighted by atomic mass is 16.5. The molecule has 0 aliphatic carbocycles. The van der Waals surface area contributed by atoms with Crippen molar-refractivity contribution in [1.29, 1.82) is 0 Å². The molecule has 0 saturated heterocycles. The van der Waals surface area contributed by atoms with Crippen molar-refractivity contribution in [3.8, 4) is 0 Å². The van der Waals surface area contributed by atoms with Crippen molar-refractivity contribution in [3.63, 3.8) is 0 Å². The fraction of sp³-hybridized carbons (Fsp3) is 0.389. The van der Waals surface area contributed by atoms with Crippen LogP contribution in [0.15, 0.2) is 41.1 Å². The molecular formula is C18H22N4O. The van der Waals surface area contributed by atoms with E-state index in [2.05, 4.69) is 53.1 Å². The van der Waals surface area contributed by atoms with Crippen LogP contribution in [-0.4, -0.2) is 27.1 Å². The van der Waals surface area contributed by atoms with E-state index >= 15 is 0 Å². The van der Waals surface area contributed by atoms with Gasteiger partial charge in [-0.15, -0.1) is 0 Å². The summed E-state index contributed by atoms with van der Waals surface area (Å²) in [6.45, 7) is 5.75. The van der Waals surface area contributed by atoms with Crippen LogP contribution in [0.4, 0.5) is 0 Å². The Labute approximate surface area is 136 Å². The number of nitrogens with zero attached hydrogens (tertiary/aromatic N) is 4. The monoisotopic (exact) mass is 310 g/mol. The van der Waals surface area contributed by atoms with Gasteiger partial charge < -0.3 is 4.52 Å². The number of benzene rings is 1. The predicted octanol–water partition coefficient (Wildman–Crippen LogP) is 3.45. The zero-order valence-electron chi connectivity index (χ0n) is 13.9. The highest BCUT2D eigenvalue weighted by Gasteiger charge is 2.11. The first-order valence-electron chi connectivity index (χ1n) is 7.94. The van der Waals surface area contributed by atoms with Gasteiger partial charge in [0.1, 0.15) is 0 Å². The topological polar surface area (TPSA) is 55.1 Å². The van der Waals surface area contributed by atoms with E-state index in [-0.39, 0.29) is 0 Å². The van der Waals surface area contributed by atoms with Crippen LogP contribution in [0.5, 0.6) is 0 Å². The van der Waals surface area contributed by atoms with Crippen molar-refractivity contribution in [2.75, 3.05) is 7.05 Å². The highest BCUT2D eigenvalue weighted by Crippen LogP contribution is 2.18. The van der Waals surface area contributed by atoms with Gasteiger partial charge in [0, 0.05) is 24.5 Å². The van der Waals surface area contributed by atoms with Gasteiger partial charge in [0.05, 0.1) is 12.1 Å². The average molecular weight is 310 g/mol. The van der Waals surface area contributed by atoms with Gasteiger partial charge in [0.2, 0.25) is 5.89 Å². The van der Waals surface area contributed by atoms with E-state index in [0.29, 0.717) is 18.4 Å². The number of fused-ring (bicyclic) bond motifs is 1. The molecule has 0 atom stereocenters. The van der Waals surface area contributed by atoms with Gasteiger partial charge in [0.25, 0.3) is 0 Å². The molecule has 0 aliphatic rings. The van der Waals surface area contributed by atoms with Gasteiger partial charge in [0.15, 0.2) is 5.82 Å². The minimum absolute atomic E-state index is 0.529. The normalized spacial score (nSPS) is 11.7. The Kier molecular flexibility index (Phi) is 4.67. The van der Waals surface area contributed by atoms with Crippen LogP contribution in [-0.2, 0) is 19.5 Å². The average Bonchev–Trinajstić information content (AvgIpc) is 2.93. The third kappa shape index (κ3) is 3.93. The Morgan fingerprint density at radius 2 is 1.96 bits per heavy atom. The minimum Gasteiger partial charge on any atom is -0.338 e. The summed E-state index contributed by atoms with van der Waals surface area (Å²) in [4.78, 5) is 11.0. The van der Waals surface area contributed by atoms with Gasteiger partial charge in [-0.3, -0.25) is 9.88 Å². The van der Waals surface area contributed by atoms with E-state index in [4.69, 9.17) is 4.52 Å². The van der Waals surface area contributed by atoms with Gasteiger partial charge >= 0.3 is 0 Å². The van der Waals surface area contributed by atoms with Crippen LogP contribution < -0.4 is 0 Å². The third-order valence-electron chi connectivity index (χ3n) is 3.69. The van der Waals surface area contributed by atoms with Gasteiger partial charge in [-0.25, -0.2) is 0 Å². The van der Waals surface area contributed by atoms with Crippen molar-refractivity contribution >= 4 is 10.9 Å². The smallest absolute Gasteiger partial charge is 0.240 e. The number of rotatable bonds is 6. The van der Waals surface area contributed by atoms with Gasteiger partial charge in [-0.05, 0) is 30.7 Å². The molecule has 3 rings (SSSR count). The summed E-state index contributed by atoms with van der Waals surface area (Å²) in [6.07, 6.45) is 2.71. The van der Waals surface area contributed by atoms with E-state index in [9.17, 15) is 0 Å². The van der Waals surface area contributed by atoms with Crippen LogP contribution in [0.1, 0.15) is 31.1 Å². The molecule has 3 aromatic rings. The van der Waals surface area contributed by atoms with Gasteiger partial charge in [-0.2, -0.15) is 4.98 Å². The Hall–Kier alpha value is -2.27. The Morgan fingerprint density at radius 1 is 1.13 bits per heavy atom. The lowest BCUT2D eigenvalue weighted by molar-refractivity contribution is 0.260. The maximum absolute atomic E-state index is 5.35. The maximum atomic E-state index is 5.35. The molecule has 2 aromatic heterocycles. The molecule has 5 heteroatoms. The third-order valence-corrected chi connectivity index (χ3v) is 3.69. The van der Waals surface area contributed by atoms with Gasteiger partial charge in [-0.1, -0.05) is 37.2 Å². The van der Waals surface area contributed by atoms with Crippen molar-refractivity contribution in [2.45, 2.75) is 33.4 Å². The molecule has 5 nitrogen and oxygen atoms in total. The molecule has 0 N–H and O–H groups in total. The Morgan fingerprint density at radius 3 is 2.78 bits per heavy atom. The quantitative estimate of drug-likeness (QED) is 0.698. The molecule has 0 spiro atoms. The molecule has 0 radical (unpaired) electrons. The molecule has 0 fully saturated rings. The van der Waals surface area contributed by atoms with Crippen molar-refractivity contribution in [2.24, 2.45) is 5.92 Å². The molecule has 2 heterocycles. The van der Waals surface area contributed by atoms with E-state index in [1.807, 2.05) is 24.4 Å². The lowest BCUT2D eigenvalue weighted by atomic mass is 10.1. The summed E-state index contributed by atoms with van der Waals surface area (Å²) in [5.74, 6) is 1.99. The number of hydrogen-bond donors (Lipinski definition) is 0. The maximum Gasteiger partial charge on any atom is 0.240 e. The van der Waals surface area contributed by atoms with Crippen molar-refractivity contribution in [1.82, 2.24) is 20.0 Å². The Balaban J connectivity index is 1.69. The number of hydrogen-bond acceptors (Lipinski definition) is 5. The molecular weight excluding hydrogens is 288 g/mol. The fourth-order valence-electron chi connectivity index (χ4n) is 2.67. The number of para-hydroxylation sites is 1. The van der Waals surface area contributed by atoms with Crippen molar-refractivity contribution < 1.29 is 4.52 Å². The Bertz CT molecular complexity index is 776. The summed E-state index contributed by atoms with van der Waals surface area (Å²) < 4.78 is 5.35. The second-order valence-corrected chi connectivity index (χ2v) is 6.36. The first kappa shape index (κ1) is 15.6. The molecule has 0 saturated carbocycles. The predicted molar refractivity (Wildman–Crippen MR) is 89.8 cm³/mol. The van der Waals surface area contributed by atoms with Crippen molar-refractivity contribution in [3.05, 3.63) is 53.8 Å². The molecule has 23 heavy (non-hydrogen) atoms. The molecule has 0 bridgehead atoms. The van der Waals surface area contributed by atoms with Crippen LogP contribution in [0.3, 0.4) is 0 Å². The molecule has 1 aromatic carbocycles. The summed E-state index contributed by atoms with van der Waals surface area (Å²) in [7, 11) is 2.06. The zero-order chi connectivity index (χ0) is 16.2. The first-order chi connectivity index (χ1) is 11.1. The van der Waals surface area contributed by atoms with Crippen LogP contribution >= 0.6 is 0 Å². The number of pyridine rings is 1. The zero-order valence-corrected chi connectivity index (χ0v) is 13.9. The van der Waals surface area contributed by atoms with E-state index in [0.717, 1.165) is 24.3 Å². The molecule has 120 valence electrons. The molecule has 0 unspecified atom stereocenters. The summed E-state index contributed by atoms with van der Waals surface area (Å²) >= 11 is 0. The summed E-state index contributed by atoms with van der Waals surface area (Å²) in [6, 6.07) is 10.3. The van der Waals surface area contributed by atoms with Crippen LogP contribution in [0.2, 0.25) is 0 Å². The minimum atomic E-state index is 0.529. The lowest BCUT2D eigenvalue weighted by Crippen LogP contribution is -2.17. The molecule has 0 aliphatic heterocycles. The molecule has 0 amide bonds. The van der Waals surface area contributed by atoms with Crippen LogP contribution in [0, 0.1) is 5.92 Å². The lowest BCUT2D eigenvalue weighted by Gasteiger charge is -2.15. The first-order valence-corrected chi connectivity index (χ1v) is 7.94. The SMILES string of the molecule is CC(C)Cc1noc(CN(C)Cc2ccnc3ccccc23)n1. The largest absolute Gasteiger partial charge is 0.338 e.